The summed E-state index contributed by atoms with van der Waals surface area (Å²) in [5.74, 6) is -0.678. The Morgan fingerprint density at radius 2 is 1.96 bits per heavy atom. The molecule has 0 aliphatic rings. The molecule has 0 bridgehead atoms. The van der Waals surface area contributed by atoms with Crippen molar-refractivity contribution in [3.63, 3.8) is 0 Å². The van der Waals surface area contributed by atoms with E-state index in [1.165, 1.54) is 22.8 Å². The van der Waals surface area contributed by atoms with Crippen molar-refractivity contribution in [2.45, 2.75) is 6.54 Å². The molecule has 6 heteroatoms. The van der Waals surface area contributed by atoms with E-state index in [9.17, 15) is 14.0 Å². The molecule has 1 amide bonds. The largest absolute Gasteiger partial charge is 0.347 e. The maximum absolute atomic E-state index is 13.1. The van der Waals surface area contributed by atoms with Crippen LogP contribution in [0.5, 0.6) is 0 Å². The van der Waals surface area contributed by atoms with Crippen LogP contribution < -0.4 is 10.9 Å². The van der Waals surface area contributed by atoms with Crippen molar-refractivity contribution in [3.8, 4) is 11.1 Å². The number of benzene rings is 1. The van der Waals surface area contributed by atoms with Gasteiger partial charge in [-0.2, -0.15) is 0 Å². The minimum atomic E-state index is -0.341. The van der Waals surface area contributed by atoms with Crippen molar-refractivity contribution < 1.29 is 9.18 Å². The van der Waals surface area contributed by atoms with Gasteiger partial charge in [-0.15, -0.1) is 0 Å². The van der Waals surface area contributed by atoms with E-state index in [0.29, 0.717) is 5.56 Å². The molecule has 1 N–H and O–H groups in total. The van der Waals surface area contributed by atoms with Gasteiger partial charge in [-0.05, 0) is 35.4 Å². The molecule has 0 spiro atoms. The summed E-state index contributed by atoms with van der Waals surface area (Å²) in [6.45, 7) is 0.223. The lowest BCUT2D eigenvalue weighted by molar-refractivity contribution is 0.0946. The zero-order chi connectivity index (χ0) is 17.8. The zero-order valence-corrected chi connectivity index (χ0v) is 13.6. The molecule has 0 saturated carbocycles. The van der Waals surface area contributed by atoms with Gasteiger partial charge in [-0.1, -0.05) is 18.2 Å². The summed E-state index contributed by atoms with van der Waals surface area (Å²) >= 11 is 0. The summed E-state index contributed by atoms with van der Waals surface area (Å²) in [6.07, 6.45) is 3.29. The number of hydrogen-bond donors (Lipinski definition) is 1. The molecule has 5 nitrogen and oxygen atoms in total. The van der Waals surface area contributed by atoms with E-state index in [0.717, 1.165) is 11.1 Å². The zero-order valence-electron chi connectivity index (χ0n) is 13.6. The number of aromatic nitrogens is 2. The highest BCUT2D eigenvalue weighted by atomic mass is 19.1. The van der Waals surface area contributed by atoms with Gasteiger partial charge in [-0.25, -0.2) is 4.39 Å². The summed E-state index contributed by atoms with van der Waals surface area (Å²) in [4.78, 5) is 27.7. The normalized spacial score (nSPS) is 10.5. The van der Waals surface area contributed by atoms with Crippen LogP contribution >= 0.6 is 0 Å². The first kappa shape index (κ1) is 16.6. The summed E-state index contributed by atoms with van der Waals surface area (Å²) in [6, 6.07) is 12.6. The third-order valence-electron chi connectivity index (χ3n) is 3.76. The first-order chi connectivity index (χ1) is 12.0. The van der Waals surface area contributed by atoms with Crippen molar-refractivity contribution in [2.75, 3.05) is 0 Å². The number of nitrogens with zero attached hydrogens (tertiary/aromatic N) is 2. The molecule has 0 fully saturated rings. The second-order valence-corrected chi connectivity index (χ2v) is 5.61. The minimum absolute atomic E-state index is 0.0925. The van der Waals surface area contributed by atoms with Gasteiger partial charge < -0.3 is 9.88 Å². The fourth-order valence-electron chi connectivity index (χ4n) is 2.38. The molecule has 0 aliphatic heterocycles. The fraction of sp³-hybridized carbons (Fsp3) is 0.105. The Balaban J connectivity index is 1.70. The molecule has 3 rings (SSSR count). The standard InChI is InChI=1S/C19H16FN3O2/c1-23-12-15(6-8-18(23)24)14-5-7-17(21-11-14)19(25)22-10-13-3-2-4-16(20)9-13/h2-9,11-12H,10H2,1H3,(H,22,25). The Labute approximate surface area is 143 Å². The lowest BCUT2D eigenvalue weighted by Gasteiger charge is -2.07. The number of nitrogens with one attached hydrogen (secondary N) is 1. The van der Waals surface area contributed by atoms with E-state index in [-0.39, 0.29) is 29.5 Å². The summed E-state index contributed by atoms with van der Waals surface area (Å²) < 4.78 is 14.6. The molecule has 2 heterocycles. The Morgan fingerprint density at radius 1 is 1.16 bits per heavy atom. The van der Waals surface area contributed by atoms with Gasteiger partial charge in [0.1, 0.15) is 11.5 Å². The number of halogens is 1. The molecule has 0 aliphatic carbocycles. The highest BCUT2D eigenvalue weighted by Crippen LogP contribution is 2.16. The van der Waals surface area contributed by atoms with Gasteiger partial charge in [0.15, 0.2) is 0 Å². The molecule has 1 aromatic carbocycles. The number of amides is 1. The topological polar surface area (TPSA) is 64.0 Å². The van der Waals surface area contributed by atoms with Gasteiger partial charge in [0.2, 0.25) is 5.56 Å². The summed E-state index contributed by atoms with van der Waals surface area (Å²) in [5.41, 5.74) is 2.49. The second-order valence-electron chi connectivity index (χ2n) is 5.61. The van der Waals surface area contributed by atoms with E-state index < -0.39 is 0 Å². The lowest BCUT2D eigenvalue weighted by atomic mass is 10.1. The Bertz CT molecular complexity index is 965. The van der Waals surface area contributed by atoms with Crippen LogP contribution in [0.3, 0.4) is 0 Å². The maximum atomic E-state index is 13.1. The van der Waals surface area contributed by atoms with E-state index in [4.69, 9.17) is 0 Å². The van der Waals surface area contributed by atoms with Crippen molar-refractivity contribution in [3.05, 3.63) is 88.4 Å². The number of carbonyl (C=O) groups is 1. The fourth-order valence-corrected chi connectivity index (χ4v) is 2.38. The van der Waals surface area contributed by atoms with Crippen LogP contribution in [-0.4, -0.2) is 15.5 Å². The first-order valence-corrected chi connectivity index (χ1v) is 7.69. The van der Waals surface area contributed by atoms with Crippen LogP contribution in [0.2, 0.25) is 0 Å². The van der Waals surface area contributed by atoms with E-state index in [2.05, 4.69) is 10.3 Å². The van der Waals surface area contributed by atoms with E-state index >= 15 is 0 Å². The summed E-state index contributed by atoms with van der Waals surface area (Å²) in [7, 11) is 1.67. The molecule has 3 aromatic rings. The molecular weight excluding hydrogens is 321 g/mol. The Hall–Kier alpha value is -3.28. The second kappa shape index (κ2) is 7.09. The maximum Gasteiger partial charge on any atom is 0.270 e. The molecule has 0 radical (unpaired) electrons. The van der Waals surface area contributed by atoms with Crippen LogP contribution in [0.1, 0.15) is 16.1 Å². The highest BCUT2D eigenvalue weighted by Gasteiger charge is 2.08. The lowest BCUT2D eigenvalue weighted by Crippen LogP contribution is -2.23. The number of carbonyl (C=O) groups excluding carboxylic acids is 1. The smallest absolute Gasteiger partial charge is 0.270 e. The van der Waals surface area contributed by atoms with Crippen LogP contribution in [0.25, 0.3) is 11.1 Å². The number of hydrogen-bond acceptors (Lipinski definition) is 3. The summed E-state index contributed by atoms with van der Waals surface area (Å²) in [5, 5.41) is 2.70. The molecule has 0 saturated heterocycles. The van der Waals surface area contributed by atoms with Crippen LogP contribution in [0, 0.1) is 5.82 Å². The van der Waals surface area contributed by atoms with Crippen LogP contribution in [0.4, 0.5) is 4.39 Å². The van der Waals surface area contributed by atoms with Gasteiger partial charge in [0.05, 0.1) is 0 Å². The Morgan fingerprint density at radius 3 is 2.64 bits per heavy atom. The number of aryl methyl sites for hydroxylation is 1. The predicted molar refractivity (Wildman–Crippen MR) is 92.5 cm³/mol. The molecule has 2 aromatic heterocycles. The first-order valence-electron chi connectivity index (χ1n) is 7.69. The molecular formula is C19H16FN3O2. The Kier molecular flexibility index (Phi) is 4.70. The van der Waals surface area contributed by atoms with Gasteiger partial charge in [0.25, 0.3) is 5.91 Å². The predicted octanol–water partition coefficient (Wildman–Crippen LogP) is 2.52. The highest BCUT2D eigenvalue weighted by molar-refractivity contribution is 5.92. The number of pyridine rings is 2. The SMILES string of the molecule is Cn1cc(-c2ccc(C(=O)NCc3cccc(F)c3)nc2)ccc1=O. The third kappa shape index (κ3) is 3.98. The van der Waals surface area contributed by atoms with E-state index in [1.807, 2.05) is 0 Å². The molecule has 0 unspecified atom stereocenters. The third-order valence-corrected chi connectivity index (χ3v) is 3.76. The molecule has 126 valence electrons. The van der Waals surface area contributed by atoms with Crippen LogP contribution in [-0.2, 0) is 13.6 Å². The van der Waals surface area contributed by atoms with Gasteiger partial charge in [0, 0.05) is 37.6 Å². The monoisotopic (exact) mass is 337 g/mol. The average Bonchev–Trinajstić information content (AvgIpc) is 2.62. The van der Waals surface area contributed by atoms with Crippen LogP contribution in [0.15, 0.2) is 65.7 Å². The minimum Gasteiger partial charge on any atom is -0.347 e. The number of rotatable bonds is 4. The average molecular weight is 337 g/mol. The van der Waals surface area contributed by atoms with Crippen molar-refractivity contribution in [1.29, 1.82) is 0 Å². The van der Waals surface area contributed by atoms with Gasteiger partial charge in [-0.3, -0.25) is 14.6 Å². The van der Waals surface area contributed by atoms with Gasteiger partial charge >= 0.3 is 0 Å². The quantitative estimate of drug-likeness (QED) is 0.796. The van der Waals surface area contributed by atoms with Crippen molar-refractivity contribution in [1.82, 2.24) is 14.9 Å². The van der Waals surface area contributed by atoms with Crippen molar-refractivity contribution in [2.24, 2.45) is 7.05 Å². The van der Waals surface area contributed by atoms with E-state index in [1.54, 1.807) is 49.8 Å². The molecule has 25 heavy (non-hydrogen) atoms. The van der Waals surface area contributed by atoms with Crippen molar-refractivity contribution >= 4 is 5.91 Å². The molecule has 0 atom stereocenters.